The van der Waals surface area contributed by atoms with Gasteiger partial charge in [-0.15, -0.1) is 0 Å². The van der Waals surface area contributed by atoms with E-state index in [1.165, 1.54) is 12.1 Å². The molecule has 2 rings (SSSR count). The van der Waals surface area contributed by atoms with Crippen molar-refractivity contribution < 1.29 is 13.6 Å². The van der Waals surface area contributed by atoms with Crippen molar-refractivity contribution in [3.63, 3.8) is 0 Å². The molecule has 1 N–H and O–H groups in total. The number of halogens is 2. The van der Waals surface area contributed by atoms with Crippen molar-refractivity contribution in [2.45, 2.75) is 18.9 Å². The van der Waals surface area contributed by atoms with Crippen LogP contribution in [0.4, 0.5) is 8.78 Å². The molecular formula is C13H16F2N2O. The van der Waals surface area contributed by atoms with Gasteiger partial charge in [0.1, 0.15) is 0 Å². The van der Waals surface area contributed by atoms with Crippen LogP contribution in [0.1, 0.15) is 23.2 Å². The first-order chi connectivity index (χ1) is 8.58. The third kappa shape index (κ3) is 2.85. The molecule has 1 heterocycles. The fraction of sp³-hybridized carbons (Fsp3) is 0.462. The van der Waals surface area contributed by atoms with E-state index in [0.29, 0.717) is 0 Å². The highest BCUT2D eigenvalue weighted by atomic mass is 19.2. The molecule has 0 saturated carbocycles. The molecular weight excluding hydrogens is 238 g/mol. The molecule has 1 aliphatic rings. The van der Waals surface area contributed by atoms with Crippen LogP contribution in [0.2, 0.25) is 0 Å². The molecule has 1 fully saturated rings. The van der Waals surface area contributed by atoms with Crippen LogP contribution in [-0.4, -0.2) is 37.0 Å². The maximum Gasteiger partial charge on any atom is 0.254 e. The molecule has 0 atom stereocenters. The zero-order valence-electron chi connectivity index (χ0n) is 10.2. The molecule has 0 spiro atoms. The summed E-state index contributed by atoms with van der Waals surface area (Å²) < 4.78 is 26.4. The number of hydrogen-bond donors (Lipinski definition) is 1. The van der Waals surface area contributed by atoms with Crippen molar-refractivity contribution in [2.24, 2.45) is 0 Å². The van der Waals surface area contributed by atoms with Gasteiger partial charge in [0.15, 0.2) is 11.6 Å². The van der Waals surface area contributed by atoms with Gasteiger partial charge < -0.3 is 10.2 Å². The maximum absolute atomic E-state index is 13.4. The first kappa shape index (κ1) is 13.0. The topological polar surface area (TPSA) is 32.3 Å². The number of carbonyl (C=O) groups excluding carboxylic acids is 1. The Balaban J connectivity index is 2.01. The van der Waals surface area contributed by atoms with Gasteiger partial charge in [0.2, 0.25) is 0 Å². The molecule has 0 aromatic heterocycles. The van der Waals surface area contributed by atoms with E-state index in [1.54, 1.807) is 0 Å². The Bertz CT molecular complexity index is 443. The Morgan fingerprint density at radius 1 is 1.33 bits per heavy atom. The summed E-state index contributed by atoms with van der Waals surface area (Å²) in [6.45, 7) is 1.80. The molecule has 1 amide bonds. The summed E-state index contributed by atoms with van der Waals surface area (Å²) in [5, 5.41) is 2.75. The fourth-order valence-electron chi connectivity index (χ4n) is 2.10. The lowest BCUT2D eigenvalue weighted by atomic mass is 10.0. The van der Waals surface area contributed by atoms with E-state index >= 15 is 0 Å². The van der Waals surface area contributed by atoms with E-state index < -0.39 is 17.5 Å². The van der Waals surface area contributed by atoms with E-state index in [0.717, 1.165) is 32.0 Å². The number of hydrogen-bond acceptors (Lipinski definition) is 2. The number of nitrogens with zero attached hydrogens (tertiary/aromatic N) is 1. The summed E-state index contributed by atoms with van der Waals surface area (Å²) in [4.78, 5) is 14.0. The Labute approximate surface area is 105 Å². The average Bonchev–Trinajstić information content (AvgIpc) is 2.35. The first-order valence-electron chi connectivity index (χ1n) is 6.01. The van der Waals surface area contributed by atoms with Gasteiger partial charge in [-0.05, 0) is 45.1 Å². The van der Waals surface area contributed by atoms with Crippen LogP contribution in [0.15, 0.2) is 18.2 Å². The monoisotopic (exact) mass is 254 g/mol. The Hall–Kier alpha value is -1.49. The second-order valence-corrected chi connectivity index (χ2v) is 4.65. The van der Waals surface area contributed by atoms with Gasteiger partial charge in [0.05, 0.1) is 5.56 Å². The Morgan fingerprint density at radius 3 is 2.67 bits per heavy atom. The van der Waals surface area contributed by atoms with E-state index in [2.05, 4.69) is 10.2 Å². The van der Waals surface area contributed by atoms with Crippen LogP contribution in [0, 0.1) is 11.6 Å². The van der Waals surface area contributed by atoms with Crippen LogP contribution < -0.4 is 5.32 Å². The lowest BCUT2D eigenvalue weighted by molar-refractivity contribution is 0.0911. The molecule has 3 nitrogen and oxygen atoms in total. The minimum atomic E-state index is -1.08. The number of nitrogens with one attached hydrogen (secondary N) is 1. The predicted molar refractivity (Wildman–Crippen MR) is 64.3 cm³/mol. The van der Waals surface area contributed by atoms with Crippen molar-refractivity contribution in [3.8, 4) is 0 Å². The van der Waals surface area contributed by atoms with Crippen LogP contribution in [0.3, 0.4) is 0 Å². The highest BCUT2D eigenvalue weighted by Gasteiger charge is 2.21. The number of likely N-dealkylation sites (tertiary alicyclic amines) is 1. The Morgan fingerprint density at radius 2 is 2.00 bits per heavy atom. The molecule has 18 heavy (non-hydrogen) atoms. The number of benzene rings is 1. The van der Waals surface area contributed by atoms with E-state index in [9.17, 15) is 13.6 Å². The second kappa shape index (κ2) is 5.44. The Kier molecular flexibility index (Phi) is 3.91. The highest BCUT2D eigenvalue weighted by Crippen LogP contribution is 2.13. The summed E-state index contributed by atoms with van der Waals surface area (Å²) in [5.74, 6) is -2.62. The molecule has 1 saturated heterocycles. The number of piperidine rings is 1. The van der Waals surface area contributed by atoms with Gasteiger partial charge in [-0.25, -0.2) is 8.78 Å². The predicted octanol–water partition coefficient (Wildman–Crippen LogP) is 1.79. The smallest absolute Gasteiger partial charge is 0.254 e. The lowest BCUT2D eigenvalue weighted by Crippen LogP contribution is -2.43. The number of amides is 1. The minimum Gasteiger partial charge on any atom is -0.349 e. The highest BCUT2D eigenvalue weighted by molar-refractivity contribution is 5.94. The van der Waals surface area contributed by atoms with Crippen molar-refractivity contribution in [3.05, 3.63) is 35.4 Å². The fourth-order valence-corrected chi connectivity index (χ4v) is 2.10. The third-order valence-corrected chi connectivity index (χ3v) is 3.25. The summed E-state index contributed by atoms with van der Waals surface area (Å²) in [6.07, 6.45) is 1.67. The minimum absolute atomic E-state index is 0.0383. The SMILES string of the molecule is CN1CCC(NC(=O)c2cccc(F)c2F)CC1. The molecule has 1 aromatic rings. The number of carbonyl (C=O) groups is 1. The van der Waals surface area contributed by atoms with Crippen molar-refractivity contribution >= 4 is 5.91 Å². The molecule has 98 valence electrons. The molecule has 0 bridgehead atoms. The zero-order chi connectivity index (χ0) is 13.1. The first-order valence-corrected chi connectivity index (χ1v) is 6.01. The van der Waals surface area contributed by atoms with E-state index in [-0.39, 0.29) is 11.6 Å². The van der Waals surface area contributed by atoms with Gasteiger partial charge in [-0.1, -0.05) is 6.07 Å². The summed E-state index contributed by atoms with van der Waals surface area (Å²) >= 11 is 0. The van der Waals surface area contributed by atoms with E-state index in [4.69, 9.17) is 0 Å². The van der Waals surface area contributed by atoms with Gasteiger partial charge in [-0.2, -0.15) is 0 Å². The van der Waals surface area contributed by atoms with Gasteiger partial charge in [0, 0.05) is 6.04 Å². The molecule has 5 heteroatoms. The van der Waals surface area contributed by atoms with Crippen molar-refractivity contribution in [2.75, 3.05) is 20.1 Å². The van der Waals surface area contributed by atoms with Crippen LogP contribution in [0.5, 0.6) is 0 Å². The standard InChI is InChI=1S/C13H16F2N2O/c1-17-7-5-9(6-8-17)16-13(18)10-3-2-4-11(14)12(10)15/h2-4,9H,5-8H2,1H3,(H,16,18). The second-order valence-electron chi connectivity index (χ2n) is 4.65. The molecule has 1 aliphatic heterocycles. The molecule has 0 aliphatic carbocycles. The van der Waals surface area contributed by atoms with Gasteiger partial charge in [-0.3, -0.25) is 4.79 Å². The molecule has 1 aromatic carbocycles. The van der Waals surface area contributed by atoms with Crippen LogP contribution >= 0.6 is 0 Å². The maximum atomic E-state index is 13.4. The summed E-state index contributed by atoms with van der Waals surface area (Å²) in [5.41, 5.74) is -0.228. The molecule has 0 radical (unpaired) electrons. The quantitative estimate of drug-likeness (QED) is 0.872. The van der Waals surface area contributed by atoms with Gasteiger partial charge in [0.25, 0.3) is 5.91 Å². The summed E-state index contributed by atoms with van der Waals surface area (Å²) in [6, 6.07) is 3.67. The van der Waals surface area contributed by atoms with Crippen LogP contribution in [0.25, 0.3) is 0 Å². The zero-order valence-corrected chi connectivity index (χ0v) is 10.2. The normalized spacial score (nSPS) is 17.7. The summed E-state index contributed by atoms with van der Waals surface area (Å²) in [7, 11) is 2.02. The van der Waals surface area contributed by atoms with E-state index in [1.807, 2.05) is 7.05 Å². The third-order valence-electron chi connectivity index (χ3n) is 3.25. The van der Waals surface area contributed by atoms with Crippen molar-refractivity contribution in [1.82, 2.24) is 10.2 Å². The van der Waals surface area contributed by atoms with Crippen molar-refractivity contribution in [1.29, 1.82) is 0 Å². The molecule has 0 unspecified atom stereocenters. The number of rotatable bonds is 2. The largest absolute Gasteiger partial charge is 0.349 e. The lowest BCUT2D eigenvalue weighted by Gasteiger charge is -2.29. The van der Waals surface area contributed by atoms with Crippen LogP contribution in [-0.2, 0) is 0 Å². The van der Waals surface area contributed by atoms with Gasteiger partial charge >= 0.3 is 0 Å². The average molecular weight is 254 g/mol.